The highest BCUT2D eigenvalue weighted by atomic mass is 16.6. The van der Waals surface area contributed by atoms with Gasteiger partial charge >= 0.3 is 0 Å². The van der Waals surface area contributed by atoms with Crippen molar-refractivity contribution in [2.45, 2.75) is 43.7 Å². The Morgan fingerprint density at radius 1 is 1.24 bits per heavy atom. The Balaban J connectivity index is 1.94. The Hall–Kier alpha value is -1.50. The highest BCUT2D eigenvalue weighted by Crippen LogP contribution is 2.28. The van der Waals surface area contributed by atoms with Crippen LogP contribution < -0.4 is 5.32 Å². The summed E-state index contributed by atoms with van der Waals surface area (Å²) in [6.45, 7) is 0.401. The van der Waals surface area contributed by atoms with Crippen LogP contribution in [-0.4, -0.2) is 33.8 Å². The minimum absolute atomic E-state index is 0.0121. The summed E-state index contributed by atoms with van der Waals surface area (Å²) in [5.41, 5.74) is 0.357. The van der Waals surface area contributed by atoms with E-state index in [0.717, 1.165) is 25.7 Å². The maximum Gasteiger partial charge on any atom is 0.269 e. The van der Waals surface area contributed by atoms with Gasteiger partial charge in [-0.25, -0.2) is 0 Å². The van der Waals surface area contributed by atoms with Gasteiger partial charge in [0.1, 0.15) is 0 Å². The van der Waals surface area contributed by atoms with Crippen molar-refractivity contribution in [1.82, 2.24) is 5.32 Å². The summed E-state index contributed by atoms with van der Waals surface area (Å²) >= 11 is 0. The molecular formula is C15H22N2O4. The molecule has 21 heavy (non-hydrogen) atoms. The number of nitrogens with one attached hydrogen (secondary N) is 1. The van der Waals surface area contributed by atoms with Crippen molar-refractivity contribution in [3.8, 4) is 0 Å². The number of non-ortho nitro benzene ring substituents is 1. The van der Waals surface area contributed by atoms with Gasteiger partial charge in [0.2, 0.25) is 0 Å². The lowest BCUT2D eigenvalue weighted by Gasteiger charge is -2.37. The molecule has 3 N–H and O–H groups in total. The fraction of sp³-hybridized carbons (Fsp3) is 0.600. The maximum absolute atomic E-state index is 10.6. The van der Waals surface area contributed by atoms with Crippen LogP contribution in [0.2, 0.25) is 0 Å². The Bertz CT molecular complexity index is 469. The van der Waals surface area contributed by atoms with E-state index in [9.17, 15) is 20.3 Å². The van der Waals surface area contributed by atoms with E-state index in [0.29, 0.717) is 12.1 Å². The lowest BCUT2D eigenvalue weighted by atomic mass is 9.82. The van der Waals surface area contributed by atoms with Crippen LogP contribution in [0.4, 0.5) is 5.69 Å². The van der Waals surface area contributed by atoms with Gasteiger partial charge in [-0.15, -0.1) is 0 Å². The fourth-order valence-electron chi connectivity index (χ4n) is 2.87. The predicted molar refractivity (Wildman–Crippen MR) is 79.0 cm³/mol. The molecule has 1 aliphatic rings. The molecule has 1 atom stereocenters. The molecule has 0 aliphatic heterocycles. The van der Waals surface area contributed by atoms with E-state index in [1.54, 1.807) is 12.1 Å². The SMILES string of the molecule is O=[N+]([O-])c1ccc(C(O)CNC2(CO)CCCCC2)cc1. The first kappa shape index (κ1) is 15.9. The van der Waals surface area contributed by atoms with E-state index in [1.165, 1.54) is 18.6 Å². The predicted octanol–water partition coefficient (Wildman–Crippen LogP) is 1.91. The van der Waals surface area contributed by atoms with Crippen LogP contribution in [0.25, 0.3) is 0 Å². The Morgan fingerprint density at radius 3 is 2.38 bits per heavy atom. The van der Waals surface area contributed by atoms with Crippen LogP contribution in [0.3, 0.4) is 0 Å². The van der Waals surface area contributed by atoms with Gasteiger partial charge in [-0.2, -0.15) is 0 Å². The summed E-state index contributed by atoms with van der Waals surface area (Å²) in [7, 11) is 0. The summed E-state index contributed by atoms with van der Waals surface area (Å²) in [6, 6.07) is 5.91. The molecule has 1 saturated carbocycles. The van der Waals surface area contributed by atoms with Gasteiger partial charge in [0.25, 0.3) is 5.69 Å². The molecule has 1 aromatic rings. The number of aliphatic hydroxyl groups excluding tert-OH is 2. The van der Waals surface area contributed by atoms with Gasteiger partial charge < -0.3 is 15.5 Å². The van der Waals surface area contributed by atoms with E-state index < -0.39 is 11.0 Å². The monoisotopic (exact) mass is 294 g/mol. The van der Waals surface area contributed by atoms with Crippen LogP contribution in [0.5, 0.6) is 0 Å². The van der Waals surface area contributed by atoms with Crippen molar-refractivity contribution in [1.29, 1.82) is 0 Å². The molecule has 6 heteroatoms. The summed E-state index contributed by atoms with van der Waals surface area (Å²) in [5, 5.41) is 33.7. The number of nitro benzene ring substituents is 1. The van der Waals surface area contributed by atoms with E-state index in [1.807, 2.05) is 0 Å². The second-order valence-electron chi connectivity index (χ2n) is 5.74. The number of β-amino-alcohol motifs (C(OH)–C–C–N with tert-alkyl or cyclic N) is 1. The average molecular weight is 294 g/mol. The van der Waals surface area contributed by atoms with Crippen LogP contribution in [0.15, 0.2) is 24.3 Å². The third-order valence-corrected chi connectivity index (χ3v) is 4.27. The molecule has 1 aliphatic carbocycles. The van der Waals surface area contributed by atoms with E-state index >= 15 is 0 Å². The van der Waals surface area contributed by atoms with Crippen LogP contribution >= 0.6 is 0 Å². The molecule has 2 rings (SSSR count). The minimum atomic E-state index is -0.740. The molecule has 0 heterocycles. The molecule has 0 saturated heterocycles. The third-order valence-electron chi connectivity index (χ3n) is 4.27. The molecule has 0 radical (unpaired) electrons. The smallest absolute Gasteiger partial charge is 0.269 e. The van der Waals surface area contributed by atoms with Gasteiger partial charge in [-0.05, 0) is 30.5 Å². The molecule has 1 unspecified atom stereocenters. The Morgan fingerprint density at radius 2 is 1.86 bits per heavy atom. The highest BCUT2D eigenvalue weighted by Gasteiger charge is 2.31. The van der Waals surface area contributed by atoms with Gasteiger partial charge in [0.15, 0.2) is 0 Å². The quantitative estimate of drug-likeness (QED) is 0.550. The van der Waals surface area contributed by atoms with Crippen LogP contribution in [-0.2, 0) is 0 Å². The summed E-state index contributed by atoms with van der Waals surface area (Å²) in [6.07, 6.45) is 4.44. The molecule has 1 aromatic carbocycles. The molecule has 1 fully saturated rings. The van der Waals surface area contributed by atoms with Crippen molar-refractivity contribution >= 4 is 5.69 Å². The standard InChI is InChI=1S/C15H22N2O4/c18-11-15(8-2-1-3-9-15)16-10-14(19)12-4-6-13(7-5-12)17(20)21/h4-7,14,16,18-19H,1-3,8-11H2. The molecular weight excluding hydrogens is 272 g/mol. The number of nitrogens with zero attached hydrogens (tertiary/aromatic N) is 1. The van der Waals surface area contributed by atoms with Crippen LogP contribution in [0.1, 0.15) is 43.8 Å². The number of hydrogen-bond acceptors (Lipinski definition) is 5. The van der Waals surface area contributed by atoms with Crippen molar-refractivity contribution in [3.63, 3.8) is 0 Å². The van der Waals surface area contributed by atoms with E-state index in [4.69, 9.17) is 0 Å². The normalized spacial score (nSPS) is 19.1. The maximum atomic E-state index is 10.6. The van der Waals surface area contributed by atoms with Crippen molar-refractivity contribution in [3.05, 3.63) is 39.9 Å². The average Bonchev–Trinajstić information content (AvgIpc) is 2.53. The van der Waals surface area contributed by atoms with E-state index in [-0.39, 0.29) is 17.8 Å². The van der Waals surface area contributed by atoms with Gasteiger partial charge in [-0.3, -0.25) is 10.1 Å². The second kappa shape index (κ2) is 6.98. The van der Waals surface area contributed by atoms with Gasteiger partial charge in [0.05, 0.1) is 17.6 Å². The second-order valence-corrected chi connectivity index (χ2v) is 5.74. The summed E-state index contributed by atoms with van der Waals surface area (Å²) in [4.78, 5) is 10.1. The zero-order chi connectivity index (χ0) is 15.3. The lowest BCUT2D eigenvalue weighted by Crippen LogP contribution is -2.51. The highest BCUT2D eigenvalue weighted by molar-refractivity contribution is 5.33. The van der Waals surface area contributed by atoms with Gasteiger partial charge in [0, 0.05) is 24.2 Å². The lowest BCUT2D eigenvalue weighted by molar-refractivity contribution is -0.384. The Labute approximate surface area is 124 Å². The van der Waals surface area contributed by atoms with Crippen molar-refractivity contribution < 1.29 is 15.1 Å². The van der Waals surface area contributed by atoms with Crippen LogP contribution in [0, 0.1) is 10.1 Å². The summed E-state index contributed by atoms with van der Waals surface area (Å²) < 4.78 is 0. The first-order valence-corrected chi connectivity index (χ1v) is 7.35. The molecule has 116 valence electrons. The number of nitro groups is 1. The number of benzene rings is 1. The van der Waals surface area contributed by atoms with E-state index in [2.05, 4.69) is 5.32 Å². The van der Waals surface area contributed by atoms with Crippen molar-refractivity contribution in [2.24, 2.45) is 0 Å². The fourth-order valence-corrected chi connectivity index (χ4v) is 2.87. The number of aliphatic hydroxyl groups is 2. The first-order chi connectivity index (χ1) is 10.1. The minimum Gasteiger partial charge on any atom is -0.394 e. The Kier molecular flexibility index (Phi) is 5.27. The topological polar surface area (TPSA) is 95.6 Å². The zero-order valence-corrected chi connectivity index (χ0v) is 12.0. The first-order valence-electron chi connectivity index (χ1n) is 7.35. The zero-order valence-electron chi connectivity index (χ0n) is 12.0. The largest absolute Gasteiger partial charge is 0.394 e. The number of hydrogen-bond donors (Lipinski definition) is 3. The van der Waals surface area contributed by atoms with Gasteiger partial charge in [-0.1, -0.05) is 19.3 Å². The molecule has 6 nitrogen and oxygen atoms in total. The molecule has 0 spiro atoms. The molecule has 0 amide bonds. The van der Waals surface area contributed by atoms with Crippen molar-refractivity contribution in [2.75, 3.05) is 13.2 Å². The third kappa shape index (κ3) is 4.00. The molecule has 0 aromatic heterocycles. The number of rotatable bonds is 6. The molecule has 0 bridgehead atoms. The summed E-state index contributed by atoms with van der Waals surface area (Å²) in [5.74, 6) is 0.